The molecule has 0 saturated carbocycles. The third-order valence-electron chi connectivity index (χ3n) is 4.68. The summed E-state index contributed by atoms with van der Waals surface area (Å²) in [6.07, 6.45) is 0. The minimum atomic E-state index is -0.421. The maximum Gasteiger partial charge on any atom is 0.269 e. The second kappa shape index (κ2) is 9.99. The van der Waals surface area contributed by atoms with Crippen LogP contribution in [0.3, 0.4) is 0 Å². The van der Waals surface area contributed by atoms with E-state index in [2.05, 4.69) is 16.0 Å². The molecule has 0 unspecified atom stereocenters. The van der Waals surface area contributed by atoms with Crippen LogP contribution in [-0.4, -0.2) is 24.0 Å². The van der Waals surface area contributed by atoms with Crippen molar-refractivity contribution in [3.63, 3.8) is 0 Å². The molecule has 0 aliphatic rings. The molecule has 0 aliphatic carbocycles. The number of benzene rings is 3. The molecule has 3 aromatic carbocycles. The van der Waals surface area contributed by atoms with Gasteiger partial charge in [-0.3, -0.25) is 14.9 Å². The van der Waals surface area contributed by atoms with Crippen LogP contribution in [0.5, 0.6) is 5.75 Å². The Hall–Kier alpha value is -3.46. The van der Waals surface area contributed by atoms with Gasteiger partial charge in [-0.25, -0.2) is 0 Å². The van der Waals surface area contributed by atoms with E-state index in [4.69, 9.17) is 28.6 Å². The fourth-order valence-corrected chi connectivity index (χ4v) is 4.75. The van der Waals surface area contributed by atoms with Crippen molar-refractivity contribution in [3.05, 3.63) is 88.3 Å². The average Bonchev–Trinajstić information content (AvgIpc) is 3.15. The first-order chi connectivity index (χ1) is 15.9. The molecule has 33 heavy (non-hydrogen) atoms. The van der Waals surface area contributed by atoms with E-state index in [9.17, 15) is 9.59 Å². The standard InChI is InChI=1S/C24H18ClN3O3S2/c1-31-17-10-11-18-19(13-17)33-21(20(18)25)23(30)28-24(32)27-16-9-5-6-14(12-16)22(29)26-15-7-3-2-4-8-15/h2-13H,1H3,(H,26,29)(H2,27,28,30,32). The Morgan fingerprint density at radius 1 is 0.909 bits per heavy atom. The van der Waals surface area contributed by atoms with Crippen LogP contribution < -0.4 is 20.7 Å². The van der Waals surface area contributed by atoms with E-state index in [0.717, 1.165) is 10.1 Å². The minimum Gasteiger partial charge on any atom is -0.497 e. The lowest BCUT2D eigenvalue weighted by Crippen LogP contribution is -2.33. The Labute approximate surface area is 204 Å². The molecule has 4 rings (SSSR count). The number of amides is 2. The van der Waals surface area contributed by atoms with E-state index < -0.39 is 5.91 Å². The molecule has 2 amide bonds. The number of anilines is 2. The van der Waals surface area contributed by atoms with Crippen molar-refractivity contribution in [3.8, 4) is 5.75 Å². The Balaban J connectivity index is 1.43. The number of hydrogen-bond acceptors (Lipinski definition) is 5. The van der Waals surface area contributed by atoms with Gasteiger partial charge in [0.15, 0.2) is 5.11 Å². The van der Waals surface area contributed by atoms with Gasteiger partial charge in [-0.2, -0.15) is 0 Å². The highest BCUT2D eigenvalue weighted by molar-refractivity contribution is 7.80. The highest BCUT2D eigenvalue weighted by Crippen LogP contribution is 2.37. The number of para-hydroxylation sites is 1. The molecule has 0 aliphatic heterocycles. The molecule has 0 fully saturated rings. The molecule has 9 heteroatoms. The molecule has 0 radical (unpaired) electrons. The number of halogens is 1. The van der Waals surface area contributed by atoms with E-state index in [0.29, 0.717) is 32.6 Å². The van der Waals surface area contributed by atoms with E-state index in [1.54, 1.807) is 49.6 Å². The number of thiocarbonyl (C=S) groups is 1. The summed E-state index contributed by atoms with van der Waals surface area (Å²) < 4.78 is 6.06. The summed E-state index contributed by atoms with van der Waals surface area (Å²) in [7, 11) is 1.58. The van der Waals surface area contributed by atoms with Gasteiger partial charge >= 0.3 is 0 Å². The van der Waals surface area contributed by atoms with Crippen LogP contribution in [-0.2, 0) is 0 Å². The van der Waals surface area contributed by atoms with Crippen molar-refractivity contribution in [1.29, 1.82) is 0 Å². The van der Waals surface area contributed by atoms with E-state index in [1.807, 2.05) is 30.3 Å². The smallest absolute Gasteiger partial charge is 0.269 e. The van der Waals surface area contributed by atoms with Gasteiger partial charge in [0.25, 0.3) is 11.8 Å². The molecule has 3 N–H and O–H groups in total. The highest BCUT2D eigenvalue weighted by atomic mass is 35.5. The number of rotatable bonds is 5. The minimum absolute atomic E-state index is 0.0896. The molecule has 0 atom stereocenters. The lowest BCUT2D eigenvalue weighted by atomic mass is 10.2. The zero-order valence-corrected chi connectivity index (χ0v) is 19.7. The number of methoxy groups -OCH3 is 1. The summed E-state index contributed by atoms with van der Waals surface area (Å²) in [6, 6.07) is 21.4. The van der Waals surface area contributed by atoms with Gasteiger partial charge in [0, 0.05) is 27.0 Å². The molecule has 0 spiro atoms. The van der Waals surface area contributed by atoms with Gasteiger partial charge in [0.05, 0.1) is 12.1 Å². The second-order valence-corrected chi connectivity index (χ2v) is 8.75. The SMILES string of the molecule is COc1ccc2c(Cl)c(C(=O)NC(=S)Nc3cccc(C(=O)Nc4ccccc4)c3)sc2c1. The number of thiophene rings is 1. The van der Waals surface area contributed by atoms with Gasteiger partial charge in [-0.1, -0.05) is 35.9 Å². The van der Waals surface area contributed by atoms with Crippen molar-refractivity contribution >= 4 is 73.5 Å². The predicted molar refractivity (Wildman–Crippen MR) is 138 cm³/mol. The summed E-state index contributed by atoms with van der Waals surface area (Å²) in [5.41, 5.74) is 1.70. The van der Waals surface area contributed by atoms with Crippen LogP contribution in [0.15, 0.2) is 72.8 Å². The molecular weight excluding hydrogens is 478 g/mol. The third-order valence-corrected chi connectivity index (χ3v) is 6.54. The quantitative estimate of drug-likeness (QED) is 0.298. The van der Waals surface area contributed by atoms with E-state index >= 15 is 0 Å². The van der Waals surface area contributed by atoms with Crippen molar-refractivity contribution < 1.29 is 14.3 Å². The molecule has 1 aromatic heterocycles. The van der Waals surface area contributed by atoms with Gasteiger partial charge < -0.3 is 15.4 Å². The number of ether oxygens (including phenoxy) is 1. The Kier molecular flexibility index (Phi) is 6.88. The van der Waals surface area contributed by atoms with Crippen LogP contribution >= 0.6 is 35.2 Å². The molecule has 1 heterocycles. The first kappa shape index (κ1) is 22.7. The average molecular weight is 496 g/mol. The van der Waals surface area contributed by atoms with Crippen molar-refractivity contribution in [2.75, 3.05) is 17.7 Å². The number of carbonyl (C=O) groups is 2. The Morgan fingerprint density at radius 2 is 1.67 bits per heavy atom. The topological polar surface area (TPSA) is 79.5 Å². The second-order valence-electron chi connectivity index (χ2n) is 6.92. The fraction of sp³-hybridized carbons (Fsp3) is 0.0417. The van der Waals surface area contributed by atoms with Gasteiger partial charge in [0.2, 0.25) is 0 Å². The molecule has 0 bridgehead atoms. The number of hydrogen-bond donors (Lipinski definition) is 3. The van der Waals surface area contributed by atoms with Crippen molar-refractivity contribution in [2.24, 2.45) is 0 Å². The summed E-state index contributed by atoms with van der Waals surface area (Å²) in [5, 5.41) is 9.62. The maximum atomic E-state index is 12.8. The van der Waals surface area contributed by atoms with Gasteiger partial charge in [-0.15, -0.1) is 11.3 Å². The van der Waals surface area contributed by atoms with Crippen LogP contribution in [0.4, 0.5) is 11.4 Å². The summed E-state index contributed by atoms with van der Waals surface area (Å²) in [6.45, 7) is 0. The Bertz CT molecular complexity index is 1360. The normalized spacial score (nSPS) is 10.5. The van der Waals surface area contributed by atoms with Crippen LogP contribution in [0.1, 0.15) is 20.0 Å². The highest BCUT2D eigenvalue weighted by Gasteiger charge is 2.19. The lowest BCUT2D eigenvalue weighted by molar-refractivity contribution is 0.0980. The summed E-state index contributed by atoms with van der Waals surface area (Å²) in [4.78, 5) is 25.6. The van der Waals surface area contributed by atoms with Crippen molar-refractivity contribution in [1.82, 2.24) is 5.32 Å². The maximum absolute atomic E-state index is 12.8. The Morgan fingerprint density at radius 3 is 2.42 bits per heavy atom. The van der Waals surface area contributed by atoms with Crippen LogP contribution in [0.25, 0.3) is 10.1 Å². The predicted octanol–water partition coefficient (Wildman–Crippen LogP) is 5.94. The first-order valence-corrected chi connectivity index (χ1v) is 11.4. The molecule has 6 nitrogen and oxygen atoms in total. The molecule has 0 saturated heterocycles. The number of carbonyl (C=O) groups excluding carboxylic acids is 2. The first-order valence-electron chi connectivity index (χ1n) is 9.79. The zero-order valence-electron chi connectivity index (χ0n) is 17.3. The molecular formula is C24H18ClN3O3S2. The molecule has 166 valence electrons. The fourth-order valence-electron chi connectivity index (χ4n) is 3.10. The summed E-state index contributed by atoms with van der Waals surface area (Å²) in [5.74, 6) is 0.00340. The number of fused-ring (bicyclic) bond motifs is 1. The van der Waals surface area contributed by atoms with Crippen molar-refractivity contribution in [2.45, 2.75) is 0 Å². The molecule has 4 aromatic rings. The number of nitrogens with one attached hydrogen (secondary N) is 3. The lowest BCUT2D eigenvalue weighted by Gasteiger charge is -2.11. The summed E-state index contributed by atoms with van der Waals surface area (Å²) >= 11 is 13.0. The third kappa shape index (κ3) is 5.31. The largest absolute Gasteiger partial charge is 0.497 e. The van der Waals surface area contributed by atoms with E-state index in [1.165, 1.54) is 11.3 Å². The monoisotopic (exact) mass is 495 g/mol. The zero-order chi connectivity index (χ0) is 23.4. The van der Waals surface area contributed by atoms with Crippen LogP contribution in [0, 0.1) is 0 Å². The van der Waals surface area contributed by atoms with Gasteiger partial charge in [-0.05, 0) is 60.7 Å². The van der Waals surface area contributed by atoms with Crippen LogP contribution in [0.2, 0.25) is 5.02 Å². The van der Waals surface area contributed by atoms with Gasteiger partial charge in [0.1, 0.15) is 10.6 Å². The van der Waals surface area contributed by atoms with E-state index in [-0.39, 0.29) is 11.0 Å².